The molecule has 0 saturated heterocycles. The summed E-state index contributed by atoms with van der Waals surface area (Å²) in [6.45, 7) is 3.67. The van der Waals surface area contributed by atoms with Gasteiger partial charge < -0.3 is 10.0 Å². The summed E-state index contributed by atoms with van der Waals surface area (Å²) in [5.41, 5.74) is -2.32. The molecule has 0 radical (unpaired) electrons. The van der Waals surface area contributed by atoms with E-state index >= 15 is 0 Å². The number of anilines is 1. The summed E-state index contributed by atoms with van der Waals surface area (Å²) >= 11 is 0. The molecule has 138 valence electrons. The van der Waals surface area contributed by atoms with E-state index in [1.165, 1.54) is 12.1 Å². The lowest BCUT2D eigenvalue weighted by atomic mass is 9.99. The van der Waals surface area contributed by atoms with Crippen LogP contribution in [-0.2, 0) is 0 Å². The fourth-order valence-electron chi connectivity index (χ4n) is 2.66. The predicted octanol–water partition coefficient (Wildman–Crippen LogP) is 3.25. The molecule has 1 aromatic rings. The van der Waals surface area contributed by atoms with Gasteiger partial charge in [-0.25, -0.2) is 0 Å². The average Bonchev–Trinajstić information content (AvgIpc) is 2.83. The molecule has 0 aliphatic carbocycles. The Hall–Kier alpha value is -2.09. The highest BCUT2D eigenvalue weighted by atomic mass is 19.4. The van der Waals surface area contributed by atoms with Crippen molar-refractivity contribution in [1.82, 2.24) is 5.01 Å². The molecule has 0 aromatic heterocycles. The van der Waals surface area contributed by atoms with Gasteiger partial charge in [0, 0.05) is 37.5 Å². The summed E-state index contributed by atoms with van der Waals surface area (Å²) in [6, 6.07) is 6.08. The Morgan fingerprint density at radius 1 is 1.32 bits per heavy atom. The van der Waals surface area contributed by atoms with E-state index in [4.69, 9.17) is 0 Å². The second-order valence-electron chi connectivity index (χ2n) is 6.81. The Morgan fingerprint density at radius 2 is 1.88 bits per heavy atom. The molecular formula is C17H22F3N3O2. The first kappa shape index (κ1) is 19.2. The minimum Gasteiger partial charge on any atom is -0.378 e. The molecule has 0 spiro atoms. The van der Waals surface area contributed by atoms with Gasteiger partial charge in [-0.2, -0.15) is 23.3 Å². The van der Waals surface area contributed by atoms with Crippen LogP contribution in [0.3, 0.4) is 0 Å². The van der Waals surface area contributed by atoms with Crippen LogP contribution in [0.5, 0.6) is 0 Å². The van der Waals surface area contributed by atoms with Crippen molar-refractivity contribution in [2.24, 2.45) is 11.0 Å². The summed E-state index contributed by atoms with van der Waals surface area (Å²) in [6.07, 6.45) is -5.45. The zero-order chi connectivity index (χ0) is 19.0. The number of hydrogen-bond acceptors (Lipinski definition) is 4. The minimum atomic E-state index is -5.01. The van der Waals surface area contributed by atoms with Crippen molar-refractivity contribution in [3.63, 3.8) is 0 Å². The summed E-state index contributed by atoms with van der Waals surface area (Å²) < 4.78 is 40.3. The van der Waals surface area contributed by atoms with Crippen LogP contribution >= 0.6 is 0 Å². The predicted molar refractivity (Wildman–Crippen MR) is 89.5 cm³/mol. The van der Waals surface area contributed by atoms with E-state index in [1.54, 1.807) is 17.0 Å². The maximum Gasteiger partial charge on any atom is 0.438 e. The Labute approximate surface area is 144 Å². The molecule has 1 aliphatic heterocycles. The van der Waals surface area contributed by atoms with Crippen molar-refractivity contribution in [2.45, 2.75) is 38.6 Å². The van der Waals surface area contributed by atoms with Crippen molar-refractivity contribution in [1.29, 1.82) is 0 Å². The van der Waals surface area contributed by atoms with Crippen molar-refractivity contribution in [2.75, 3.05) is 19.0 Å². The van der Waals surface area contributed by atoms with Gasteiger partial charge in [-0.05, 0) is 36.6 Å². The van der Waals surface area contributed by atoms with Gasteiger partial charge in [0.25, 0.3) is 11.6 Å². The first-order valence-electron chi connectivity index (χ1n) is 7.93. The van der Waals surface area contributed by atoms with E-state index in [2.05, 4.69) is 5.10 Å². The van der Waals surface area contributed by atoms with Crippen molar-refractivity contribution in [3.05, 3.63) is 29.8 Å². The van der Waals surface area contributed by atoms with E-state index in [-0.39, 0.29) is 28.6 Å². The Balaban J connectivity index is 2.37. The third-order valence-electron chi connectivity index (χ3n) is 3.96. The topological polar surface area (TPSA) is 56.1 Å². The van der Waals surface area contributed by atoms with Crippen molar-refractivity contribution < 1.29 is 23.1 Å². The standard InChI is InChI=1S/C17H22F3N3O2/c1-11(2)9-13-10-16(25,17(18,19)20)23(21-13)15(24)12-5-7-14(8-6-12)22(3)4/h5-8,11,25H,9-10H2,1-4H3/t16-/m1/s1. The van der Waals surface area contributed by atoms with Crippen LogP contribution < -0.4 is 4.90 Å². The molecule has 1 aromatic carbocycles. The number of halogens is 3. The van der Waals surface area contributed by atoms with Gasteiger partial charge in [0.2, 0.25) is 0 Å². The average molecular weight is 357 g/mol. The second kappa shape index (κ2) is 6.67. The van der Waals surface area contributed by atoms with E-state index in [0.29, 0.717) is 0 Å². The number of aliphatic hydroxyl groups is 1. The number of carbonyl (C=O) groups excluding carboxylic acids is 1. The molecule has 1 atom stereocenters. The van der Waals surface area contributed by atoms with Gasteiger partial charge in [0.05, 0.1) is 0 Å². The number of alkyl halides is 3. The van der Waals surface area contributed by atoms with Crippen LogP contribution in [0.1, 0.15) is 37.0 Å². The van der Waals surface area contributed by atoms with Crippen molar-refractivity contribution >= 4 is 17.3 Å². The molecule has 8 heteroatoms. The molecule has 1 aliphatic rings. The van der Waals surface area contributed by atoms with Gasteiger partial charge >= 0.3 is 6.18 Å². The van der Waals surface area contributed by atoms with Crippen molar-refractivity contribution in [3.8, 4) is 0 Å². The van der Waals surface area contributed by atoms with Crippen LogP contribution in [-0.4, -0.2) is 47.7 Å². The summed E-state index contributed by atoms with van der Waals surface area (Å²) in [5, 5.41) is 14.2. The number of carbonyl (C=O) groups is 1. The number of amides is 1. The third kappa shape index (κ3) is 3.78. The molecule has 25 heavy (non-hydrogen) atoms. The number of nitrogens with zero attached hydrogens (tertiary/aromatic N) is 3. The highest BCUT2D eigenvalue weighted by molar-refractivity contribution is 5.98. The lowest BCUT2D eigenvalue weighted by molar-refractivity contribution is -0.297. The number of rotatable bonds is 4. The maximum absolute atomic E-state index is 13.4. The molecular weight excluding hydrogens is 335 g/mol. The molecule has 0 unspecified atom stereocenters. The van der Waals surface area contributed by atoms with Crippen LogP contribution in [0.4, 0.5) is 18.9 Å². The number of hydrogen-bond donors (Lipinski definition) is 1. The van der Waals surface area contributed by atoms with Gasteiger partial charge in [-0.15, -0.1) is 0 Å². The largest absolute Gasteiger partial charge is 0.438 e. The number of hydrazone groups is 1. The molecule has 5 nitrogen and oxygen atoms in total. The molecule has 2 rings (SSSR count). The Morgan fingerprint density at radius 3 is 2.32 bits per heavy atom. The van der Waals surface area contributed by atoms with Crippen LogP contribution in [0.2, 0.25) is 0 Å². The summed E-state index contributed by atoms with van der Waals surface area (Å²) in [5.74, 6) is -0.922. The van der Waals surface area contributed by atoms with Crippen LogP contribution in [0.25, 0.3) is 0 Å². The molecule has 0 fully saturated rings. The zero-order valence-electron chi connectivity index (χ0n) is 14.6. The first-order chi connectivity index (χ1) is 11.5. The quantitative estimate of drug-likeness (QED) is 0.900. The normalized spacial score (nSPS) is 20.8. The van der Waals surface area contributed by atoms with Gasteiger partial charge in [-0.1, -0.05) is 13.8 Å². The van der Waals surface area contributed by atoms with E-state index < -0.39 is 24.2 Å². The fraction of sp³-hybridized carbons (Fsp3) is 0.529. The fourth-order valence-corrected chi connectivity index (χ4v) is 2.66. The molecule has 0 bridgehead atoms. The minimum absolute atomic E-state index is 0.0304. The van der Waals surface area contributed by atoms with Crippen LogP contribution in [0, 0.1) is 5.92 Å². The smallest absolute Gasteiger partial charge is 0.378 e. The summed E-state index contributed by atoms with van der Waals surface area (Å²) in [4.78, 5) is 14.4. The maximum atomic E-state index is 13.4. The van der Waals surface area contributed by atoms with Gasteiger partial charge in [0.15, 0.2) is 0 Å². The molecule has 1 N–H and O–H groups in total. The van der Waals surface area contributed by atoms with E-state index in [9.17, 15) is 23.1 Å². The summed E-state index contributed by atoms with van der Waals surface area (Å²) in [7, 11) is 3.62. The Bertz CT molecular complexity index is 669. The lowest BCUT2D eigenvalue weighted by Crippen LogP contribution is -2.56. The monoisotopic (exact) mass is 357 g/mol. The highest BCUT2D eigenvalue weighted by Crippen LogP contribution is 2.41. The third-order valence-corrected chi connectivity index (χ3v) is 3.96. The van der Waals surface area contributed by atoms with Gasteiger partial charge in [0.1, 0.15) is 0 Å². The zero-order valence-corrected chi connectivity index (χ0v) is 14.6. The SMILES string of the molecule is CC(C)CC1=NN(C(=O)c2ccc(N(C)C)cc2)[C@](O)(C(F)(F)F)C1. The second-order valence-corrected chi connectivity index (χ2v) is 6.81. The molecule has 1 heterocycles. The molecule has 0 saturated carbocycles. The molecule has 1 amide bonds. The first-order valence-corrected chi connectivity index (χ1v) is 7.93. The Kier molecular flexibility index (Phi) is 5.13. The highest BCUT2D eigenvalue weighted by Gasteiger charge is 2.63. The lowest BCUT2D eigenvalue weighted by Gasteiger charge is -2.32. The number of benzene rings is 1. The van der Waals surface area contributed by atoms with Gasteiger partial charge in [-0.3, -0.25) is 4.79 Å². The van der Waals surface area contributed by atoms with E-state index in [0.717, 1.165) is 5.69 Å². The van der Waals surface area contributed by atoms with Crippen LogP contribution in [0.15, 0.2) is 29.4 Å². The van der Waals surface area contributed by atoms with E-state index in [1.807, 2.05) is 27.9 Å².